The molecule has 1 fully saturated rings. The summed E-state index contributed by atoms with van der Waals surface area (Å²) in [5.41, 5.74) is 0.196. The van der Waals surface area contributed by atoms with Gasteiger partial charge in [0.05, 0.1) is 17.1 Å². The number of nitrogens with one attached hydrogen (secondary N) is 1. The summed E-state index contributed by atoms with van der Waals surface area (Å²) < 4.78 is 62.5. The van der Waals surface area contributed by atoms with E-state index in [1.54, 1.807) is 0 Å². The van der Waals surface area contributed by atoms with Crippen molar-refractivity contribution in [3.8, 4) is 0 Å². The molecule has 0 aliphatic carbocycles. The highest BCUT2D eigenvalue weighted by atomic mass is 32.2. The topological polar surface area (TPSA) is 98.8 Å². The first-order valence-corrected chi connectivity index (χ1v) is 9.20. The zero-order valence-electron chi connectivity index (χ0n) is 13.6. The highest BCUT2D eigenvalue weighted by molar-refractivity contribution is 7.92. The molecule has 1 heterocycles. The third-order valence-electron chi connectivity index (χ3n) is 3.71. The lowest BCUT2D eigenvalue weighted by atomic mass is 10.2. The van der Waals surface area contributed by atoms with E-state index >= 15 is 0 Å². The van der Waals surface area contributed by atoms with Crippen LogP contribution in [0.4, 0.5) is 14.5 Å². The highest BCUT2D eigenvalue weighted by Gasteiger charge is 2.30. The third-order valence-corrected chi connectivity index (χ3v) is 5.09. The summed E-state index contributed by atoms with van der Waals surface area (Å²) in [6.07, 6.45) is -0.680. The lowest BCUT2D eigenvalue weighted by Crippen LogP contribution is -2.22. The molecule has 7 nitrogen and oxygen atoms in total. The number of hydrogen-bond acceptors (Lipinski definition) is 6. The predicted molar refractivity (Wildman–Crippen MR) is 88.4 cm³/mol. The number of sulfonamides is 1. The summed E-state index contributed by atoms with van der Waals surface area (Å²) in [4.78, 5) is 22.8. The molecule has 0 amide bonds. The molecule has 10 heteroatoms. The first-order chi connectivity index (χ1) is 12.8. The van der Waals surface area contributed by atoms with E-state index in [0.29, 0.717) is 12.1 Å². The Bertz CT molecular complexity index is 991. The van der Waals surface area contributed by atoms with Crippen molar-refractivity contribution in [2.24, 2.45) is 0 Å². The van der Waals surface area contributed by atoms with Gasteiger partial charge in [0.1, 0.15) is 0 Å². The van der Waals surface area contributed by atoms with E-state index in [2.05, 4.69) is 4.72 Å². The molecule has 142 valence electrons. The molecule has 1 saturated heterocycles. The van der Waals surface area contributed by atoms with Crippen LogP contribution < -0.4 is 4.72 Å². The van der Waals surface area contributed by atoms with Gasteiger partial charge in [-0.2, -0.15) is 0 Å². The second-order valence-corrected chi connectivity index (χ2v) is 7.29. The van der Waals surface area contributed by atoms with Crippen LogP contribution in [-0.2, 0) is 24.3 Å². The monoisotopic (exact) mass is 397 g/mol. The minimum Gasteiger partial charge on any atom is -0.463 e. The van der Waals surface area contributed by atoms with E-state index in [1.165, 1.54) is 24.3 Å². The molecule has 0 bridgehead atoms. The van der Waals surface area contributed by atoms with E-state index in [0.717, 1.165) is 6.07 Å². The summed E-state index contributed by atoms with van der Waals surface area (Å²) in [5, 5.41) is 0. The Balaban J connectivity index is 1.70. The molecule has 1 aliphatic heterocycles. The van der Waals surface area contributed by atoms with Crippen molar-refractivity contribution in [1.29, 1.82) is 0 Å². The minimum absolute atomic E-state index is 0.0940. The summed E-state index contributed by atoms with van der Waals surface area (Å²) >= 11 is 0. The van der Waals surface area contributed by atoms with Crippen LogP contribution in [0, 0.1) is 11.6 Å². The van der Waals surface area contributed by atoms with Gasteiger partial charge in [-0.1, -0.05) is 0 Å². The number of rotatable bonds is 5. The van der Waals surface area contributed by atoms with E-state index in [4.69, 9.17) is 9.47 Å². The Hall–Kier alpha value is -3.01. The molecule has 0 spiro atoms. The molecule has 0 radical (unpaired) electrons. The van der Waals surface area contributed by atoms with Crippen molar-refractivity contribution in [3.05, 3.63) is 59.7 Å². The molecule has 0 saturated carbocycles. The second-order valence-electron chi connectivity index (χ2n) is 5.61. The van der Waals surface area contributed by atoms with E-state index in [-0.39, 0.29) is 24.3 Å². The standard InChI is InChI=1S/C17H13F2NO6S/c18-13-6-5-12(9-14(13)19)27(23,24)20-11-3-1-10(2-4-11)16(21)26-15-7-8-25-17(15)22/h1-6,9,15,20H,7-8H2/t15-/m1/s1. The number of ether oxygens (including phenoxy) is 2. The third kappa shape index (κ3) is 4.22. The first kappa shape index (κ1) is 18.8. The number of carbonyl (C=O) groups is 2. The quantitative estimate of drug-likeness (QED) is 0.777. The summed E-state index contributed by atoms with van der Waals surface area (Å²) in [6, 6.07) is 7.37. The molecule has 2 aromatic carbocycles. The van der Waals surface area contributed by atoms with Crippen molar-refractivity contribution < 1.29 is 36.3 Å². The van der Waals surface area contributed by atoms with Gasteiger partial charge in [-0.05, 0) is 42.5 Å². The van der Waals surface area contributed by atoms with Crippen LogP contribution in [0.25, 0.3) is 0 Å². The van der Waals surface area contributed by atoms with Crippen LogP contribution in [0.15, 0.2) is 47.4 Å². The zero-order chi connectivity index (χ0) is 19.6. The Morgan fingerprint density at radius 1 is 1.11 bits per heavy atom. The Morgan fingerprint density at radius 2 is 1.81 bits per heavy atom. The van der Waals surface area contributed by atoms with Crippen molar-refractivity contribution >= 4 is 27.6 Å². The number of carbonyl (C=O) groups excluding carboxylic acids is 2. The second kappa shape index (κ2) is 7.31. The van der Waals surface area contributed by atoms with E-state index < -0.39 is 44.6 Å². The molecule has 1 aliphatic rings. The summed E-state index contributed by atoms with van der Waals surface area (Å²) in [6.45, 7) is 0.182. The van der Waals surface area contributed by atoms with Gasteiger partial charge >= 0.3 is 11.9 Å². The first-order valence-electron chi connectivity index (χ1n) is 7.72. The molecule has 0 unspecified atom stereocenters. The molecular weight excluding hydrogens is 384 g/mol. The molecule has 27 heavy (non-hydrogen) atoms. The van der Waals surface area contributed by atoms with Gasteiger partial charge in [0.2, 0.25) is 6.10 Å². The summed E-state index contributed by atoms with van der Waals surface area (Å²) in [7, 11) is -4.15. The number of benzene rings is 2. The molecule has 3 rings (SSSR count). The van der Waals surface area contributed by atoms with Crippen LogP contribution in [0.2, 0.25) is 0 Å². The molecule has 0 aromatic heterocycles. The van der Waals surface area contributed by atoms with Gasteiger partial charge in [0.25, 0.3) is 10.0 Å². The fourth-order valence-electron chi connectivity index (χ4n) is 2.31. The average molecular weight is 397 g/mol. The van der Waals surface area contributed by atoms with Crippen LogP contribution in [0.3, 0.4) is 0 Å². The lowest BCUT2D eigenvalue weighted by molar-refractivity contribution is -0.145. The van der Waals surface area contributed by atoms with Crippen LogP contribution in [0.1, 0.15) is 16.8 Å². The van der Waals surface area contributed by atoms with E-state index in [9.17, 15) is 26.8 Å². The van der Waals surface area contributed by atoms with E-state index in [1.807, 2.05) is 0 Å². The number of esters is 2. The Kier molecular flexibility index (Phi) is 5.08. The van der Waals surface area contributed by atoms with Crippen molar-refractivity contribution in [1.82, 2.24) is 0 Å². The average Bonchev–Trinajstić information content (AvgIpc) is 3.02. The van der Waals surface area contributed by atoms with Gasteiger partial charge in [0, 0.05) is 12.1 Å². The number of anilines is 1. The number of cyclic esters (lactones) is 1. The van der Waals surface area contributed by atoms with Gasteiger partial charge in [0.15, 0.2) is 11.6 Å². The zero-order valence-corrected chi connectivity index (χ0v) is 14.5. The van der Waals surface area contributed by atoms with Crippen LogP contribution >= 0.6 is 0 Å². The minimum atomic E-state index is -4.15. The number of hydrogen-bond donors (Lipinski definition) is 1. The summed E-state index contributed by atoms with van der Waals surface area (Å²) in [5.74, 6) is -3.82. The highest BCUT2D eigenvalue weighted by Crippen LogP contribution is 2.20. The maximum atomic E-state index is 13.2. The van der Waals surface area contributed by atoms with Gasteiger partial charge in [-0.25, -0.2) is 26.8 Å². The normalized spacial score (nSPS) is 16.7. The Morgan fingerprint density at radius 3 is 2.41 bits per heavy atom. The Labute approximate surface area is 152 Å². The maximum absolute atomic E-state index is 13.2. The van der Waals surface area contributed by atoms with Gasteiger partial charge in [-0.3, -0.25) is 4.72 Å². The molecule has 1 atom stereocenters. The molecular formula is C17H13F2NO6S. The fraction of sp³-hybridized carbons (Fsp3) is 0.176. The smallest absolute Gasteiger partial charge is 0.347 e. The van der Waals surface area contributed by atoms with Crippen molar-refractivity contribution in [3.63, 3.8) is 0 Å². The van der Waals surface area contributed by atoms with Crippen molar-refractivity contribution in [2.75, 3.05) is 11.3 Å². The van der Waals surface area contributed by atoms with Crippen molar-refractivity contribution in [2.45, 2.75) is 17.4 Å². The SMILES string of the molecule is O=C(O[C@@H]1CCOC1=O)c1ccc(NS(=O)(=O)c2ccc(F)c(F)c2)cc1. The van der Waals surface area contributed by atoms with Gasteiger partial charge < -0.3 is 9.47 Å². The van der Waals surface area contributed by atoms with Crippen LogP contribution in [-0.4, -0.2) is 33.1 Å². The van der Waals surface area contributed by atoms with Gasteiger partial charge in [-0.15, -0.1) is 0 Å². The largest absolute Gasteiger partial charge is 0.463 e. The maximum Gasteiger partial charge on any atom is 0.347 e. The molecule has 1 N–H and O–H groups in total. The lowest BCUT2D eigenvalue weighted by Gasteiger charge is -2.10. The molecule has 2 aromatic rings. The predicted octanol–water partition coefficient (Wildman–Crippen LogP) is 2.24. The van der Waals surface area contributed by atoms with Crippen LogP contribution in [0.5, 0.6) is 0 Å². The fourth-order valence-corrected chi connectivity index (χ4v) is 3.38. The number of halogens is 2.